The molecular formula is C67H120O6. The van der Waals surface area contributed by atoms with Gasteiger partial charge in [-0.3, -0.25) is 14.4 Å². The van der Waals surface area contributed by atoms with E-state index >= 15 is 0 Å². The Labute approximate surface area is 453 Å². The van der Waals surface area contributed by atoms with E-state index < -0.39 is 6.10 Å². The third-order valence-electron chi connectivity index (χ3n) is 14.0. The van der Waals surface area contributed by atoms with E-state index in [0.717, 1.165) is 89.9 Å². The molecular weight excluding hydrogens is 901 g/mol. The minimum Gasteiger partial charge on any atom is -0.462 e. The molecule has 0 aromatic rings. The highest BCUT2D eigenvalue weighted by molar-refractivity contribution is 5.71. The van der Waals surface area contributed by atoms with Gasteiger partial charge in [0.15, 0.2) is 6.10 Å². The molecule has 0 radical (unpaired) electrons. The molecule has 0 aromatic heterocycles. The van der Waals surface area contributed by atoms with Crippen molar-refractivity contribution in [2.45, 2.75) is 335 Å². The summed E-state index contributed by atoms with van der Waals surface area (Å²) in [4.78, 5) is 38.3. The molecule has 424 valence electrons. The summed E-state index contributed by atoms with van der Waals surface area (Å²) in [6.45, 7) is 6.64. The third-order valence-corrected chi connectivity index (χ3v) is 14.0. The largest absolute Gasteiger partial charge is 0.462 e. The van der Waals surface area contributed by atoms with E-state index in [0.29, 0.717) is 19.3 Å². The van der Waals surface area contributed by atoms with Crippen LogP contribution in [0.1, 0.15) is 329 Å². The second kappa shape index (κ2) is 61.7. The van der Waals surface area contributed by atoms with Crippen molar-refractivity contribution in [3.05, 3.63) is 60.8 Å². The van der Waals surface area contributed by atoms with Crippen molar-refractivity contribution >= 4 is 17.9 Å². The van der Waals surface area contributed by atoms with E-state index in [4.69, 9.17) is 14.2 Å². The summed E-state index contributed by atoms with van der Waals surface area (Å²) in [6, 6.07) is 0. The van der Waals surface area contributed by atoms with Crippen molar-refractivity contribution in [1.82, 2.24) is 0 Å². The molecule has 6 nitrogen and oxygen atoms in total. The molecule has 0 amide bonds. The first kappa shape index (κ1) is 70.1. The maximum Gasteiger partial charge on any atom is 0.306 e. The van der Waals surface area contributed by atoms with E-state index in [9.17, 15) is 14.4 Å². The molecule has 0 aliphatic heterocycles. The van der Waals surface area contributed by atoms with Crippen molar-refractivity contribution in [1.29, 1.82) is 0 Å². The Morgan fingerprint density at radius 3 is 0.781 bits per heavy atom. The van der Waals surface area contributed by atoms with Gasteiger partial charge < -0.3 is 14.2 Å². The van der Waals surface area contributed by atoms with Crippen molar-refractivity contribution in [3.63, 3.8) is 0 Å². The Kier molecular flexibility index (Phi) is 59.2. The molecule has 0 saturated carbocycles. The lowest BCUT2D eigenvalue weighted by Crippen LogP contribution is -2.30. The zero-order chi connectivity index (χ0) is 52.9. The number of unbranched alkanes of at least 4 members (excludes halogenated alkanes) is 37. The van der Waals surface area contributed by atoms with Crippen LogP contribution in [0.5, 0.6) is 0 Å². The van der Waals surface area contributed by atoms with Crippen LogP contribution in [0.3, 0.4) is 0 Å². The van der Waals surface area contributed by atoms with E-state index in [1.807, 2.05) is 0 Å². The SMILES string of the molecule is CCCCCC/C=C\C/C=C\CCCCCCCCCC(=O)OC(COC(=O)CCCCCCCCCC/C=C\C/C=C\C/C=C\CCCCCCC)COC(=O)CCCCCCCCCCCCCCCC. The first-order chi connectivity index (χ1) is 36.0. The molecule has 0 bridgehead atoms. The van der Waals surface area contributed by atoms with Crippen molar-refractivity contribution in [2.24, 2.45) is 0 Å². The molecule has 0 fully saturated rings. The minimum atomic E-state index is -0.781. The Morgan fingerprint density at radius 1 is 0.274 bits per heavy atom. The molecule has 0 aromatic carbocycles. The van der Waals surface area contributed by atoms with Gasteiger partial charge in [0.25, 0.3) is 0 Å². The van der Waals surface area contributed by atoms with Gasteiger partial charge in [0.2, 0.25) is 0 Å². The Hall–Kier alpha value is -2.89. The fraction of sp³-hybridized carbons (Fsp3) is 0.806. The second-order valence-electron chi connectivity index (χ2n) is 21.3. The summed E-state index contributed by atoms with van der Waals surface area (Å²) in [6.07, 6.45) is 77.9. The van der Waals surface area contributed by atoms with Gasteiger partial charge in [-0.25, -0.2) is 0 Å². The van der Waals surface area contributed by atoms with Gasteiger partial charge in [-0.05, 0) is 89.9 Å². The van der Waals surface area contributed by atoms with Crippen LogP contribution in [-0.4, -0.2) is 37.2 Å². The van der Waals surface area contributed by atoms with Crippen LogP contribution >= 0.6 is 0 Å². The highest BCUT2D eigenvalue weighted by Crippen LogP contribution is 2.16. The molecule has 0 aliphatic carbocycles. The minimum absolute atomic E-state index is 0.0768. The summed E-state index contributed by atoms with van der Waals surface area (Å²) in [5.74, 6) is -0.875. The Balaban J connectivity index is 4.35. The van der Waals surface area contributed by atoms with Crippen molar-refractivity contribution in [2.75, 3.05) is 13.2 Å². The lowest BCUT2D eigenvalue weighted by molar-refractivity contribution is -0.167. The van der Waals surface area contributed by atoms with Gasteiger partial charge in [0.05, 0.1) is 0 Å². The van der Waals surface area contributed by atoms with Gasteiger partial charge in [-0.15, -0.1) is 0 Å². The maximum atomic E-state index is 12.9. The molecule has 1 unspecified atom stereocenters. The number of carbonyl (C=O) groups excluding carboxylic acids is 3. The highest BCUT2D eigenvalue weighted by atomic mass is 16.6. The van der Waals surface area contributed by atoms with Crippen LogP contribution in [0.4, 0.5) is 0 Å². The van der Waals surface area contributed by atoms with Gasteiger partial charge in [0.1, 0.15) is 13.2 Å². The predicted molar refractivity (Wildman–Crippen MR) is 316 cm³/mol. The smallest absolute Gasteiger partial charge is 0.306 e. The standard InChI is InChI=1S/C67H120O6/c1-4-7-10-13-16-19-22-25-28-30-32-33-34-35-36-38-39-42-45-48-51-54-57-60-66(69)72-63-64(62-71-65(68)59-56-53-50-47-44-41-27-24-21-18-15-12-9-6-3)73-67(70)61-58-55-52-49-46-43-40-37-31-29-26-23-20-17-14-11-8-5-2/h20,22-23,25,29-32,34-35,64H,4-19,21,24,26-28,33,36-63H2,1-3H3/b23-20-,25-22-,31-29-,32-30-,35-34-. The number of carbonyl (C=O) groups is 3. The number of ether oxygens (including phenoxy) is 3. The van der Waals surface area contributed by atoms with Crippen LogP contribution in [-0.2, 0) is 28.6 Å². The summed E-state index contributed by atoms with van der Waals surface area (Å²) in [5, 5.41) is 0. The van der Waals surface area contributed by atoms with Gasteiger partial charge >= 0.3 is 17.9 Å². The first-order valence-corrected chi connectivity index (χ1v) is 31.8. The normalized spacial score (nSPS) is 12.4. The molecule has 0 aliphatic rings. The number of esters is 3. The predicted octanol–water partition coefficient (Wildman–Crippen LogP) is 21.6. The maximum absolute atomic E-state index is 12.9. The number of hydrogen-bond donors (Lipinski definition) is 0. The molecule has 0 saturated heterocycles. The molecule has 0 spiro atoms. The quantitative estimate of drug-likeness (QED) is 0.0261. The topological polar surface area (TPSA) is 78.9 Å². The fourth-order valence-electron chi connectivity index (χ4n) is 9.19. The fourth-order valence-corrected chi connectivity index (χ4v) is 9.19. The molecule has 6 heteroatoms. The monoisotopic (exact) mass is 1020 g/mol. The van der Waals surface area contributed by atoms with E-state index in [1.165, 1.54) is 199 Å². The molecule has 1 atom stereocenters. The van der Waals surface area contributed by atoms with Crippen LogP contribution in [0.2, 0.25) is 0 Å². The molecule has 0 N–H and O–H groups in total. The number of rotatable bonds is 58. The van der Waals surface area contributed by atoms with E-state index in [2.05, 4.69) is 81.5 Å². The van der Waals surface area contributed by atoms with Crippen LogP contribution in [0, 0.1) is 0 Å². The lowest BCUT2D eigenvalue weighted by Gasteiger charge is -2.18. The average molecular weight is 1020 g/mol. The summed E-state index contributed by atoms with van der Waals surface area (Å²) in [5.41, 5.74) is 0. The molecule has 0 heterocycles. The summed E-state index contributed by atoms with van der Waals surface area (Å²) < 4.78 is 16.9. The molecule has 0 rings (SSSR count). The Morgan fingerprint density at radius 2 is 0.493 bits per heavy atom. The zero-order valence-corrected chi connectivity index (χ0v) is 48.7. The zero-order valence-electron chi connectivity index (χ0n) is 48.7. The van der Waals surface area contributed by atoms with Crippen LogP contribution in [0.25, 0.3) is 0 Å². The lowest BCUT2D eigenvalue weighted by atomic mass is 10.0. The first-order valence-electron chi connectivity index (χ1n) is 31.8. The van der Waals surface area contributed by atoms with E-state index in [1.54, 1.807) is 0 Å². The van der Waals surface area contributed by atoms with Crippen molar-refractivity contribution in [3.8, 4) is 0 Å². The van der Waals surface area contributed by atoms with Gasteiger partial charge in [-0.1, -0.05) is 281 Å². The van der Waals surface area contributed by atoms with Crippen LogP contribution < -0.4 is 0 Å². The highest BCUT2D eigenvalue weighted by Gasteiger charge is 2.19. The number of hydrogen-bond acceptors (Lipinski definition) is 6. The number of allylic oxidation sites excluding steroid dienone is 10. The van der Waals surface area contributed by atoms with Crippen LogP contribution in [0.15, 0.2) is 60.8 Å². The second-order valence-corrected chi connectivity index (χ2v) is 21.3. The molecule has 73 heavy (non-hydrogen) atoms. The average Bonchev–Trinajstić information content (AvgIpc) is 3.39. The van der Waals surface area contributed by atoms with Gasteiger partial charge in [0, 0.05) is 19.3 Å². The van der Waals surface area contributed by atoms with Gasteiger partial charge in [-0.2, -0.15) is 0 Å². The summed E-state index contributed by atoms with van der Waals surface area (Å²) >= 11 is 0. The van der Waals surface area contributed by atoms with Crippen molar-refractivity contribution < 1.29 is 28.6 Å². The Bertz CT molecular complexity index is 1310. The van der Waals surface area contributed by atoms with E-state index in [-0.39, 0.29) is 31.1 Å². The third kappa shape index (κ3) is 59.9. The summed E-state index contributed by atoms with van der Waals surface area (Å²) in [7, 11) is 0.